The molecular formula is C34H33N3O5. The highest BCUT2D eigenvalue weighted by Crippen LogP contribution is 2.48. The number of rotatable bonds is 8. The second-order valence-electron chi connectivity index (χ2n) is 11.1. The molecule has 1 heterocycles. The first-order chi connectivity index (χ1) is 20.2. The molecule has 1 aliphatic carbocycles. The number of nitrogens with two attached hydrogens (primary N) is 1. The lowest BCUT2D eigenvalue weighted by Crippen LogP contribution is -2.33. The largest absolute Gasteiger partial charge is 0.490 e. The summed E-state index contributed by atoms with van der Waals surface area (Å²) in [5.74, 6) is 0.161. The predicted octanol–water partition coefficient (Wildman–Crippen LogP) is 6.22. The molecule has 5 rings (SSSR count). The lowest BCUT2D eigenvalue weighted by molar-refractivity contribution is -0.119. The number of amides is 1. The highest BCUT2D eigenvalue weighted by molar-refractivity contribution is 6.00. The Bertz CT molecular complexity index is 1630. The van der Waals surface area contributed by atoms with Crippen molar-refractivity contribution in [2.24, 2.45) is 11.1 Å². The minimum absolute atomic E-state index is 0.00232. The molecule has 0 fully saturated rings. The van der Waals surface area contributed by atoms with E-state index in [1.54, 1.807) is 18.2 Å². The van der Waals surface area contributed by atoms with Gasteiger partial charge in [0.2, 0.25) is 5.88 Å². The average molecular weight is 564 g/mol. The van der Waals surface area contributed by atoms with E-state index in [0.29, 0.717) is 53.5 Å². The average Bonchev–Trinajstić information content (AvgIpc) is 2.96. The second-order valence-corrected chi connectivity index (χ2v) is 11.1. The maximum atomic E-state index is 13.3. The molecule has 8 heteroatoms. The first kappa shape index (κ1) is 28.5. The summed E-state index contributed by atoms with van der Waals surface area (Å²) in [5.41, 5.74) is 9.73. The fourth-order valence-electron chi connectivity index (χ4n) is 5.50. The van der Waals surface area contributed by atoms with Gasteiger partial charge in [-0.2, -0.15) is 5.26 Å². The molecule has 0 radical (unpaired) electrons. The molecule has 0 saturated carbocycles. The Morgan fingerprint density at radius 1 is 1.05 bits per heavy atom. The van der Waals surface area contributed by atoms with Crippen LogP contribution in [-0.2, 0) is 14.3 Å². The van der Waals surface area contributed by atoms with Crippen molar-refractivity contribution in [3.8, 4) is 28.7 Å². The SMILES string of the molecule is CCOc1cc(C2C(C#N)=C(N)OC3=C2C(=O)CC(C)(C)C3)ccc1OCC(=O)Nc1ccccc1-c1ccccc1. The van der Waals surface area contributed by atoms with Crippen LogP contribution < -0.4 is 20.5 Å². The van der Waals surface area contributed by atoms with Gasteiger partial charge in [-0.15, -0.1) is 0 Å². The number of ether oxygens (including phenoxy) is 3. The maximum absolute atomic E-state index is 13.3. The van der Waals surface area contributed by atoms with Gasteiger partial charge in [-0.25, -0.2) is 0 Å². The number of nitrogens with zero attached hydrogens (tertiary/aromatic N) is 1. The minimum Gasteiger partial charge on any atom is -0.490 e. The van der Waals surface area contributed by atoms with Crippen LogP contribution in [0.3, 0.4) is 0 Å². The van der Waals surface area contributed by atoms with Gasteiger partial charge in [0, 0.05) is 29.7 Å². The van der Waals surface area contributed by atoms with Crippen molar-refractivity contribution in [1.29, 1.82) is 5.26 Å². The fraction of sp³-hybridized carbons (Fsp3) is 0.265. The number of carbonyl (C=O) groups excluding carboxylic acids is 2. The summed E-state index contributed by atoms with van der Waals surface area (Å²) in [6.45, 7) is 5.93. The lowest BCUT2D eigenvalue weighted by atomic mass is 9.70. The zero-order valence-electron chi connectivity index (χ0n) is 23.9. The van der Waals surface area contributed by atoms with E-state index in [-0.39, 0.29) is 35.2 Å². The summed E-state index contributed by atoms with van der Waals surface area (Å²) < 4.78 is 17.6. The van der Waals surface area contributed by atoms with E-state index in [0.717, 1.165) is 11.1 Å². The molecule has 0 saturated heterocycles. The Hall–Kier alpha value is -5.03. The second kappa shape index (κ2) is 11.8. The predicted molar refractivity (Wildman–Crippen MR) is 159 cm³/mol. The minimum atomic E-state index is -0.687. The molecule has 3 N–H and O–H groups in total. The zero-order chi connectivity index (χ0) is 29.9. The fourth-order valence-corrected chi connectivity index (χ4v) is 5.50. The summed E-state index contributed by atoms with van der Waals surface area (Å²) in [7, 11) is 0. The molecule has 1 amide bonds. The molecule has 3 aromatic rings. The summed E-state index contributed by atoms with van der Waals surface area (Å²) in [6, 6.07) is 24.7. The van der Waals surface area contributed by atoms with Gasteiger partial charge < -0.3 is 25.3 Å². The van der Waals surface area contributed by atoms with Crippen molar-refractivity contribution in [1.82, 2.24) is 0 Å². The first-order valence-electron chi connectivity index (χ1n) is 13.9. The quantitative estimate of drug-likeness (QED) is 0.333. The number of benzene rings is 3. The number of para-hydroxylation sites is 1. The third kappa shape index (κ3) is 5.86. The van der Waals surface area contributed by atoms with Crippen LogP contribution in [0.1, 0.15) is 45.1 Å². The number of ketones is 1. The maximum Gasteiger partial charge on any atom is 0.262 e. The third-order valence-electron chi connectivity index (χ3n) is 7.32. The van der Waals surface area contributed by atoms with Gasteiger partial charge in [0.15, 0.2) is 23.9 Å². The monoisotopic (exact) mass is 563 g/mol. The molecule has 0 bridgehead atoms. The number of nitrogens with one attached hydrogen (secondary N) is 1. The number of hydrogen-bond acceptors (Lipinski definition) is 7. The van der Waals surface area contributed by atoms with Crippen molar-refractivity contribution < 1.29 is 23.8 Å². The first-order valence-corrected chi connectivity index (χ1v) is 13.9. The van der Waals surface area contributed by atoms with E-state index in [2.05, 4.69) is 11.4 Å². The van der Waals surface area contributed by atoms with Gasteiger partial charge in [-0.1, -0.05) is 68.4 Å². The zero-order valence-corrected chi connectivity index (χ0v) is 23.9. The summed E-state index contributed by atoms with van der Waals surface area (Å²) in [6.07, 6.45) is 0.873. The number of carbonyl (C=O) groups is 2. The third-order valence-corrected chi connectivity index (χ3v) is 7.32. The van der Waals surface area contributed by atoms with Crippen LogP contribution in [0, 0.1) is 16.7 Å². The molecule has 1 unspecified atom stereocenters. The van der Waals surface area contributed by atoms with Crippen molar-refractivity contribution in [2.45, 2.75) is 39.5 Å². The van der Waals surface area contributed by atoms with E-state index < -0.39 is 5.92 Å². The highest BCUT2D eigenvalue weighted by Gasteiger charge is 2.43. The van der Waals surface area contributed by atoms with Crippen LogP contribution in [0.15, 0.2) is 95.6 Å². The summed E-state index contributed by atoms with van der Waals surface area (Å²) >= 11 is 0. The molecule has 8 nitrogen and oxygen atoms in total. The van der Waals surface area contributed by atoms with Gasteiger partial charge in [-0.3, -0.25) is 9.59 Å². The van der Waals surface area contributed by atoms with Crippen molar-refractivity contribution in [3.63, 3.8) is 0 Å². The standard InChI is InChI=1S/C34H33N3O5/c1-4-40-28-16-22(31-24(19-35)33(36)42-29-18-34(2,3)17-26(38)32(29)31)14-15-27(28)41-20-30(39)37-25-13-9-8-12-23(25)21-10-6-5-7-11-21/h5-16,31H,4,17-18,20,36H2,1-3H3,(H,37,39). The Morgan fingerprint density at radius 2 is 1.79 bits per heavy atom. The van der Waals surface area contributed by atoms with E-state index in [1.807, 2.05) is 75.4 Å². The van der Waals surface area contributed by atoms with Crippen LogP contribution >= 0.6 is 0 Å². The summed E-state index contributed by atoms with van der Waals surface area (Å²) in [5, 5.41) is 12.9. The Morgan fingerprint density at radius 3 is 2.52 bits per heavy atom. The van der Waals surface area contributed by atoms with Crippen LogP contribution in [-0.4, -0.2) is 24.9 Å². The molecule has 3 aromatic carbocycles. The number of allylic oxidation sites excluding steroid dienone is 3. The molecule has 1 aliphatic heterocycles. The van der Waals surface area contributed by atoms with Crippen molar-refractivity contribution >= 4 is 17.4 Å². The molecule has 0 aromatic heterocycles. The van der Waals surface area contributed by atoms with Crippen LogP contribution in [0.25, 0.3) is 11.1 Å². The van der Waals surface area contributed by atoms with Crippen LogP contribution in [0.5, 0.6) is 11.5 Å². The van der Waals surface area contributed by atoms with E-state index in [1.165, 1.54) is 0 Å². The number of Topliss-reactive ketones (excluding diaryl/α,β-unsaturated/α-hetero) is 1. The molecular weight excluding hydrogens is 530 g/mol. The van der Waals surface area contributed by atoms with E-state index >= 15 is 0 Å². The highest BCUT2D eigenvalue weighted by atomic mass is 16.5. The number of anilines is 1. The van der Waals surface area contributed by atoms with Gasteiger partial charge >= 0.3 is 0 Å². The van der Waals surface area contributed by atoms with E-state index in [9.17, 15) is 14.9 Å². The van der Waals surface area contributed by atoms with Gasteiger partial charge in [0.05, 0.1) is 12.5 Å². The smallest absolute Gasteiger partial charge is 0.262 e. The molecule has 214 valence electrons. The molecule has 2 aliphatic rings. The lowest BCUT2D eigenvalue weighted by Gasteiger charge is -2.37. The van der Waals surface area contributed by atoms with Crippen molar-refractivity contribution in [3.05, 3.63) is 101 Å². The topological polar surface area (TPSA) is 124 Å². The Kier molecular flexibility index (Phi) is 8.03. The number of hydrogen-bond donors (Lipinski definition) is 2. The van der Waals surface area contributed by atoms with Gasteiger partial charge in [0.1, 0.15) is 17.4 Å². The van der Waals surface area contributed by atoms with Gasteiger partial charge in [0.25, 0.3) is 5.91 Å². The normalized spacial score (nSPS) is 17.6. The Balaban J connectivity index is 1.39. The van der Waals surface area contributed by atoms with Crippen LogP contribution in [0.2, 0.25) is 0 Å². The summed E-state index contributed by atoms with van der Waals surface area (Å²) in [4.78, 5) is 26.2. The van der Waals surface area contributed by atoms with Gasteiger partial charge in [-0.05, 0) is 41.7 Å². The van der Waals surface area contributed by atoms with Crippen molar-refractivity contribution in [2.75, 3.05) is 18.5 Å². The molecule has 1 atom stereocenters. The Labute approximate surface area is 245 Å². The molecule has 0 spiro atoms. The van der Waals surface area contributed by atoms with Crippen LogP contribution in [0.4, 0.5) is 5.69 Å². The van der Waals surface area contributed by atoms with E-state index in [4.69, 9.17) is 19.9 Å². The molecule has 42 heavy (non-hydrogen) atoms. The number of nitriles is 1.